The first-order valence-corrected chi connectivity index (χ1v) is 7.37. The Morgan fingerprint density at radius 2 is 2.11 bits per heavy atom. The van der Waals surface area contributed by atoms with Gasteiger partial charge < -0.3 is 14.8 Å². The molecule has 0 aliphatic carbocycles. The third kappa shape index (κ3) is 3.73. The van der Waals surface area contributed by atoms with E-state index < -0.39 is 0 Å². The average molecular weight is 377 g/mol. The van der Waals surface area contributed by atoms with Crippen molar-refractivity contribution in [2.75, 3.05) is 19.8 Å². The molecular weight excluding hydrogens is 362 g/mol. The van der Waals surface area contributed by atoms with E-state index in [4.69, 9.17) is 9.47 Å². The normalized spacial score (nSPS) is 14.1. The fraction of sp³-hybridized carbons (Fsp3) is 0.385. The first-order chi connectivity index (χ1) is 8.66. The maximum Gasteiger partial charge on any atom is 0.175 e. The molecule has 98 valence electrons. The zero-order chi connectivity index (χ0) is 13.0. The number of ether oxygens (including phenoxy) is 2. The molecular formula is C13H15Br2NO2. The van der Waals surface area contributed by atoms with Crippen molar-refractivity contribution in [3.05, 3.63) is 33.2 Å². The summed E-state index contributed by atoms with van der Waals surface area (Å²) in [6.45, 7) is 6.70. The molecule has 0 unspecified atom stereocenters. The van der Waals surface area contributed by atoms with Crippen molar-refractivity contribution >= 4 is 31.9 Å². The highest BCUT2D eigenvalue weighted by Crippen LogP contribution is 2.38. The van der Waals surface area contributed by atoms with Crippen LogP contribution in [0.25, 0.3) is 0 Å². The van der Waals surface area contributed by atoms with E-state index in [0.29, 0.717) is 13.2 Å². The second-order valence-corrected chi connectivity index (χ2v) is 6.05. The van der Waals surface area contributed by atoms with E-state index in [2.05, 4.69) is 49.8 Å². The van der Waals surface area contributed by atoms with Crippen LogP contribution in [0.5, 0.6) is 11.5 Å². The van der Waals surface area contributed by atoms with Crippen LogP contribution >= 0.6 is 31.9 Å². The van der Waals surface area contributed by atoms with Crippen molar-refractivity contribution in [2.24, 2.45) is 0 Å². The fourth-order valence-electron chi connectivity index (χ4n) is 1.73. The number of hydrogen-bond acceptors (Lipinski definition) is 3. The minimum atomic E-state index is 0.701. The molecule has 0 saturated heterocycles. The summed E-state index contributed by atoms with van der Waals surface area (Å²) in [5, 5.41) is 3.29. The minimum Gasteiger partial charge on any atom is -0.490 e. The van der Waals surface area contributed by atoms with E-state index in [9.17, 15) is 0 Å². The molecule has 1 aliphatic heterocycles. The average Bonchev–Trinajstić information content (AvgIpc) is 2.54. The van der Waals surface area contributed by atoms with Gasteiger partial charge in [0.2, 0.25) is 0 Å². The molecule has 1 heterocycles. The minimum absolute atomic E-state index is 0.701. The zero-order valence-corrected chi connectivity index (χ0v) is 13.1. The second kappa shape index (κ2) is 6.59. The molecule has 0 amide bonds. The molecule has 0 saturated carbocycles. The Morgan fingerprint density at radius 1 is 1.33 bits per heavy atom. The second-order valence-electron chi connectivity index (χ2n) is 4.08. The van der Waals surface area contributed by atoms with E-state index in [1.807, 2.05) is 6.07 Å². The lowest BCUT2D eigenvalue weighted by Gasteiger charge is -2.12. The maximum atomic E-state index is 5.69. The molecule has 18 heavy (non-hydrogen) atoms. The van der Waals surface area contributed by atoms with Crippen LogP contribution in [0.15, 0.2) is 27.7 Å². The monoisotopic (exact) mass is 375 g/mol. The van der Waals surface area contributed by atoms with E-state index >= 15 is 0 Å². The van der Waals surface area contributed by atoms with Gasteiger partial charge in [-0.25, -0.2) is 0 Å². The molecule has 1 aromatic carbocycles. The van der Waals surface area contributed by atoms with Crippen molar-refractivity contribution in [1.82, 2.24) is 5.32 Å². The molecule has 0 aromatic heterocycles. The van der Waals surface area contributed by atoms with Gasteiger partial charge in [0, 0.05) is 24.0 Å². The van der Waals surface area contributed by atoms with Crippen LogP contribution < -0.4 is 14.8 Å². The number of fused-ring (bicyclic) bond motifs is 1. The van der Waals surface area contributed by atoms with Gasteiger partial charge in [-0.1, -0.05) is 22.5 Å². The summed E-state index contributed by atoms with van der Waals surface area (Å²) >= 11 is 6.85. The lowest BCUT2D eigenvalue weighted by Crippen LogP contribution is -2.14. The predicted octanol–water partition coefficient (Wildman–Crippen LogP) is 3.61. The van der Waals surface area contributed by atoms with Crippen molar-refractivity contribution in [2.45, 2.75) is 13.0 Å². The van der Waals surface area contributed by atoms with E-state index in [1.54, 1.807) is 0 Å². The summed E-state index contributed by atoms with van der Waals surface area (Å²) in [4.78, 5) is 0. The van der Waals surface area contributed by atoms with Gasteiger partial charge in [-0.05, 0) is 33.6 Å². The Kier molecular flexibility index (Phi) is 5.09. The molecule has 1 N–H and O–H groups in total. The summed E-state index contributed by atoms with van der Waals surface area (Å²) in [5.74, 6) is 1.62. The fourth-order valence-corrected chi connectivity index (χ4v) is 2.53. The molecule has 5 heteroatoms. The van der Waals surface area contributed by atoms with Crippen molar-refractivity contribution in [1.29, 1.82) is 0 Å². The number of hydrogen-bond donors (Lipinski definition) is 1. The number of halogens is 2. The Bertz CT molecular complexity index is 449. The van der Waals surface area contributed by atoms with E-state index in [1.165, 1.54) is 0 Å². The van der Waals surface area contributed by atoms with Gasteiger partial charge in [0.15, 0.2) is 11.5 Å². The van der Waals surface area contributed by atoms with E-state index in [-0.39, 0.29) is 0 Å². The molecule has 0 radical (unpaired) electrons. The molecule has 0 spiro atoms. The number of benzene rings is 1. The highest BCUT2D eigenvalue weighted by atomic mass is 79.9. The molecule has 1 aliphatic rings. The lowest BCUT2D eigenvalue weighted by atomic mass is 10.2. The summed E-state index contributed by atoms with van der Waals surface area (Å²) in [7, 11) is 0. The van der Waals surface area contributed by atoms with Gasteiger partial charge in [-0.15, -0.1) is 0 Å². The maximum absolute atomic E-state index is 5.69. The van der Waals surface area contributed by atoms with Crippen LogP contribution in [-0.4, -0.2) is 19.8 Å². The van der Waals surface area contributed by atoms with Crippen molar-refractivity contribution in [3.8, 4) is 11.5 Å². The number of rotatable bonds is 4. The topological polar surface area (TPSA) is 30.5 Å². The van der Waals surface area contributed by atoms with Crippen LogP contribution in [0.2, 0.25) is 0 Å². The van der Waals surface area contributed by atoms with Crippen LogP contribution in [0, 0.1) is 0 Å². The third-order valence-electron chi connectivity index (χ3n) is 2.51. The zero-order valence-electron chi connectivity index (χ0n) is 9.97. The Labute approximate surface area is 124 Å². The van der Waals surface area contributed by atoms with Gasteiger partial charge in [0.1, 0.15) is 0 Å². The SMILES string of the molecule is C=C(Br)CNCc1cc(Br)c2c(c1)OCCCO2. The predicted molar refractivity (Wildman–Crippen MR) is 79.5 cm³/mol. The molecule has 2 rings (SSSR count). The van der Waals surface area contributed by atoms with Crippen molar-refractivity contribution < 1.29 is 9.47 Å². The summed E-state index contributed by atoms with van der Waals surface area (Å²) in [6.07, 6.45) is 0.915. The quantitative estimate of drug-likeness (QED) is 0.870. The summed E-state index contributed by atoms with van der Waals surface area (Å²) < 4.78 is 13.2. The smallest absolute Gasteiger partial charge is 0.175 e. The van der Waals surface area contributed by atoms with Crippen LogP contribution in [0.1, 0.15) is 12.0 Å². The van der Waals surface area contributed by atoms with Gasteiger partial charge >= 0.3 is 0 Å². The Morgan fingerprint density at radius 3 is 2.89 bits per heavy atom. The van der Waals surface area contributed by atoms with Crippen LogP contribution in [-0.2, 0) is 6.54 Å². The molecule has 0 atom stereocenters. The summed E-state index contributed by atoms with van der Waals surface area (Å²) in [5.41, 5.74) is 1.15. The molecule has 0 bridgehead atoms. The first kappa shape index (κ1) is 13.9. The van der Waals surface area contributed by atoms with Gasteiger partial charge in [-0.3, -0.25) is 0 Å². The number of nitrogens with one attached hydrogen (secondary N) is 1. The highest BCUT2D eigenvalue weighted by molar-refractivity contribution is 9.11. The first-order valence-electron chi connectivity index (χ1n) is 5.79. The lowest BCUT2D eigenvalue weighted by molar-refractivity contribution is 0.296. The highest BCUT2D eigenvalue weighted by Gasteiger charge is 2.14. The van der Waals surface area contributed by atoms with Gasteiger partial charge in [0.05, 0.1) is 17.7 Å². The third-order valence-corrected chi connectivity index (χ3v) is 3.38. The van der Waals surface area contributed by atoms with Crippen LogP contribution in [0.3, 0.4) is 0 Å². The van der Waals surface area contributed by atoms with Gasteiger partial charge in [-0.2, -0.15) is 0 Å². The Hall–Kier alpha value is -0.520. The summed E-state index contributed by atoms with van der Waals surface area (Å²) in [6, 6.07) is 4.08. The van der Waals surface area contributed by atoms with Crippen molar-refractivity contribution in [3.63, 3.8) is 0 Å². The van der Waals surface area contributed by atoms with Crippen LogP contribution in [0.4, 0.5) is 0 Å². The molecule has 3 nitrogen and oxygen atoms in total. The van der Waals surface area contributed by atoms with E-state index in [0.717, 1.165) is 45.5 Å². The molecule has 1 aromatic rings. The largest absolute Gasteiger partial charge is 0.490 e. The standard InChI is InChI=1S/C13H15Br2NO2/c1-9(14)7-16-8-10-5-11(15)13-12(6-10)17-3-2-4-18-13/h5-6,16H,1-4,7-8H2. The molecule has 0 fully saturated rings. The van der Waals surface area contributed by atoms with Gasteiger partial charge in [0.25, 0.3) is 0 Å². The Balaban J connectivity index is 2.10.